The lowest BCUT2D eigenvalue weighted by Gasteiger charge is -2.25. The maximum absolute atomic E-state index is 12.3. The number of hydrogen-bond acceptors (Lipinski definition) is 5. The fourth-order valence-corrected chi connectivity index (χ4v) is 4.47. The Morgan fingerprint density at radius 3 is 2.55 bits per heavy atom. The van der Waals surface area contributed by atoms with Crippen LogP contribution in [0.25, 0.3) is 0 Å². The van der Waals surface area contributed by atoms with Gasteiger partial charge in [-0.2, -0.15) is 5.26 Å². The first-order chi connectivity index (χ1) is 14.0. The van der Waals surface area contributed by atoms with E-state index in [1.54, 1.807) is 23.9 Å². The molecule has 0 saturated heterocycles. The van der Waals surface area contributed by atoms with Crippen molar-refractivity contribution >= 4 is 57.0 Å². The van der Waals surface area contributed by atoms with Gasteiger partial charge in [-0.1, -0.05) is 39.8 Å². The van der Waals surface area contributed by atoms with Crippen LogP contribution in [0, 0.1) is 11.3 Å². The number of amides is 2. The molecule has 2 aromatic rings. The molecule has 0 radical (unpaired) electrons. The SMILES string of the molecule is CSc1ccc([C@H]2CC(=O)NC(SCC(=O)Nc3ccc(Br)cc3)=C2C#N)cc1. The van der Waals surface area contributed by atoms with Gasteiger partial charge in [0.25, 0.3) is 0 Å². The molecule has 148 valence electrons. The highest BCUT2D eigenvalue weighted by Crippen LogP contribution is 2.36. The average molecular weight is 488 g/mol. The second kappa shape index (κ2) is 10.0. The molecule has 2 N–H and O–H groups in total. The lowest BCUT2D eigenvalue weighted by Crippen LogP contribution is -2.31. The summed E-state index contributed by atoms with van der Waals surface area (Å²) < 4.78 is 0.926. The van der Waals surface area contributed by atoms with Gasteiger partial charge < -0.3 is 10.6 Å². The van der Waals surface area contributed by atoms with Gasteiger partial charge in [-0.25, -0.2) is 0 Å². The molecule has 2 aromatic carbocycles. The van der Waals surface area contributed by atoms with E-state index in [9.17, 15) is 14.9 Å². The van der Waals surface area contributed by atoms with Gasteiger partial charge in [0.05, 0.1) is 22.4 Å². The van der Waals surface area contributed by atoms with E-state index in [4.69, 9.17) is 0 Å². The van der Waals surface area contributed by atoms with E-state index < -0.39 is 0 Å². The zero-order valence-corrected chi connectivity index (χ0v) is 18.8. The third-order valence-electron chi connectivity index (χ3n) is 4.35. The van der Waals surface area contributed by atoms with Crippen molar-refractivity contribution in [3.05, 3.63) is 69.2 Å². The van der Waals surface area contributed by atoms with E-state index in [1.807, 2.05) is 42.7 Å². The number of nitrogens with one attached hydrogen (secondary N) is 2. The standard InChI is InChI=1S/C21H18BrN3O2S2/c1-28-16-8-2-13(3-9-16)17-10-19(26)25-21(18(17)11-23)29-12-20(27)24-15-6-4-14(22)5-7-15/h2-9,17H,10,12H2,1H3,(H,24,27)(H,25,26)/t17-/m1/s1. The van der Waals surface area contributed by atoms with E-state index in [1.165, 1.54) is 11.8 Å². The zero-order valence-electron chi connectivity index (χ0n) is 15.6. The number of hydrogen-bond donors (Lipinski definition) is 2. The Labute approximate surface area is 186 Å². The highest BCUT2D eigenvalue weighted by atomic mass is 79.9. The lowest BCUT2D eigenvalue weighted by molar-refractivity contribution is -0.121. The summed E-state index contributed by atoms with van der Waals surface area (Å²) in [6.07, 6.45) is 2.22. The topological polar surface area (TPSA) is 82.0 Å². The summed E-state index contributed by atoms with van der Waals surface area (Å²) in [6.45, 7) is 0. The molecule has 0 aliphatic carbocycles. The summed E-state index contributed by atoms with van der Waals surface area (Å²) >= 11 is 6.16. The summed E-state index contributed by atoms with van der Waals surface area (Å²) in [5.41, 5.74) is 2.10. The van der Waals surface area contributed by atoms with Crippen LogP contribution in [0.2, 0.25) is 0 Å². The van der Waals surface area contributed by atoms with Crippen molar-refractivity contribution < 1.29 is 9.59 Å². The smallest absolute Gasteiger partial charge is 0.234 e. The Bertz CT molecular complexity index is 982. The molecule has 1 heterocycles. The lowest BCUT2D eigenvalue weighted by atomic mass is 9.87. The van der Waals surface area contributed by atoms with E-state index in [2.05, 4.69) is 32.6 Å². The van der Waals surface area contributed by atoms with E-state index in [-0.39, 0.29) is 29.9 Å². The molecule has 0 spiro atoms. The van der Waals surface area contributed by atoms with Crippen LogP contribution >= 0.6 is 39.5 Å². The van der Waals surface area contributed by atoms with Crippen molar-refractivity contribution in [3.8, 4) is 6.07 Å². The van der Waals surface area contributed by atoms with E-state index >= 15 is 0 Å². The number of allylic oxidation sites excluding steroid dienone is 1. The summed E-state index contributed by atoms with van der Waals surface area (Å²) in [6, 6.07) is 17.4. The number of thioether (sulfide) groups is 2. The number of nitriles is 1. The molecule has 1 aliphatic heterocycles. The van der Waals surface area contributed by atoms with Crippen LogP contribution in [0.4, 0.5) is 5.69 Å². The average Bonchev–Trinajstić information content (AvgIpc) is 2.73. The van der Waals surface area contributed by atoms with Crippen molar-refractivity contribution in [1.29, 1.82) is 5.26 Å². The normalized spacial score (nSPS) is 16.2. The van der Waals surface area contributed by atoms with E-state index in [0.29, 0.717) is 16.3 Å². The fraction of sp³-hybridized carbons (Fsp3) is 0.190. The Morgan fingerprint density at radius 1 is 1.24 bits per heavy atom. The minimum absolute atomic E-state index is 0.0923. The van der Waals surface area contributed by atoms with Crippen LogP contribution in [-0.2, 0) is 9.59 Å². The predicted molar refractivity (Wildman–Crippen MR) is 122 cm³/mol. The maximum Gasteiger partial charge on any atom is 0.234 e. The molecule has 0 unspecified atom stereocenters. The third-order valence-corrected chi connectivity index (χ3v) is 6.64. The number of rotatable bonds is 6. The quantitative estimate of drug-likeness (QED) is 0.567. The summed E-state index contributed by atoms with van der Waals surface area (Å²) in [5, 5.41) is 15.7. The van der Waals surface area contributed by atoms with Gasteiger partial charge in [0.1, 0.15) is 0 Å². The Morgan fingerprint density at radius 2 is 1.93 bits per heavy atom. The largest absolute Gasteiger partial charge is 0.325 e. The molecule has 0 fully saturated rings. The van der Waals surface area contributed by atoms with Gasteiger partial charge in [-0.3, -0.25) is 9.59 Å². The number of benzene rings is 2. The summed E-state index contributed by atoms with van der Waals surface area (Å²) in [5.74, 6) is -0.571. The van der Waals surface area contributed by atoms with Crippen molar-refractivity contribution in [3.63, 3.8) is 0 Å². The molecule has 0 bridgehead atoms. The molecule has 2 amide bonds. The van der Waals surface area contributed by atoms with Crippen LogP contribution < -0.4 is 10.6 Å². The monoisotopic (exact) mass is 487 g/mol. The Balaban J connectivity index is 1.73. The third kappa shape index (κ3) is 5.66. The minimum atomic E-state index is -0.304. The summed E-state index contributed by atoms with van der Waals surface area (Å²) in [7, 11) is 0. The van der Waals surface area contributed by atoms with Crippen molar-refractivity contribution in [2.24, 2.45) is 0 Å². The van der Waals surface area contributed by atoms with Gasteiger partial charge >= 0.3 is 0 Å². The molecule has 3 rings (SSSR count). The van der Waals surface area contributed by atoms with Gasteiger partial charge in [-0.15, -0.1) is 11.8 Å². The van der Waals surface area contributed by atoms with Gasteiger partial charge in [-0.05, 0) is 48.2 Å². The second-order valence-electron chi connectivity index (χ2n) is 6.28. The fourth-order valence-electron chi connectivity index (χ4n) is 2.92. The van der Waals surface area contributed by atoms with Crippen LogP contribution in [-0.4, -0.2) is 23.8 Å². The molecule has 29 heavy (non-hydrogen) atoms. The number of carbonyl (C=O) groups is 2. The summed E-state index contributed by atoms with van der Waals surface area (Å²) in [4.78, 5) is 25.6. The maximum atomic E-state index is 12.3. The molecular weight excluding hydrogens is 470 g/mol. The number of nitrogens with zero attached hydrogens (tertiary/aromatic N) is 1. The highest BCUT2D eigenvalue weighted by molar-refractivity contribution is 9.10. The van der Waals surface area contributed by atoms with Crippen molar-refractivity contribution in [2.45, 2.75) is 17.2 Å². The van der Waals surface area contributed by atoms with Crippen LogP contribution in [0.3, 0.4) is 0 Å². The second-order valence-corrected chi connectivity index (χ2v) is 9.06. The number of halogens is 1. The first-order valence-corrected chi connectivity index (χ1v) is 11.8. The van der Waals surface area contributed by atoms with Crippen molar-refractivity contribution in [1.82, 2.24) is 5.32 Å². The Hall–Kier alpha value is -2.21. The minimum Gasteiger partial charge on any atom is -0.325 e. The van der Waals surface area contributed by atoms with Crippen molar-refractivity contribution in [2.75, 3.05) is 17.3 Å². The van der Waals surface area contributed by atoms with E-state index in [0.717, 1.165) is 14.9 Å². The predicted octanol–water partition coefficient (Wildman–Crippen LogP) is 4.88. The molecule has 0 aromatic heterocycles. The van der Waals surface area contributed by atoms with Crippen LogP contribution in [0.15, 0.2) is 68.5 Å². The first-order valence-electron chi connectivity index (χ1n) is 8.76. The molecular formula is C21H18BrN3O2S2. The molecule has 1 aliphatic rings. The zero-order chi connectivity index (χ0) is 20.8. The number of anilines is 1. The molecule has 0 saturated carbocycles. The van der Waals surface area contributed by atoms with Gasteiger partial charge in [0, 0.05) is 27.4 Å². The first kappa shape index (κ1) is 21.5. The molecule has 8 heteroatoms. The van der Waals surface area contributed by atoms with Crippen LogP contribution in [0.1, 0.15) is 17.9 Å². The highest BCUT2D eigenvalue weighted by Gasteiger charge is 2.29. The van der Waals surface area contributed by atoms with Gasteiger partial charge in [0.15, 0.2) is 0 Å². The number of carbonyl (C=O) groups excluding carboxylic acids is 2. The Kier molecular flexibility index (Phi) is 7.42. The molecule has 1 atom stereocenters. The van der Waals surface area contributed by atoms with Gasteiger partial charge in [0.2, 0.25) is 11.8 Å². The van der Waals surface area contributed by atoms with Crippen LogP contribution in [0.5, 0.6) is 0 Å². The molecule has 5 nitrogen and oxygen atoms in total.